The number of halogens is 2. The maximum atomic E-state index is 13.6. The summed E-state index contributed by atoms with van der Waals surface area (Å²) in [6.45, 7) is 0. The summed E-state index contributed by atoms with van der Waals surface area (Å²) in [5.41, 5.74) is 11.1. The summed E-state index contributed by atoms with van der Waals surface area (Å²) < 4.78 is 27.1. The van der Waals surface area contributed by atoms with Gasteiger partial charge < -0.3 is 16.9 Å². The predicted molar refractivity (Wildman–Crippen MR) is 73.3 cm³/mol. The molecule has 0 saturated heterocycles. The second-order valence-electron chi connectivity index (χ2n) is 3.89. The van der Waals surface area contributed by atoms with Crippen molar-refractivity contribution in [2.45, 2.75) is 0 Å². The van der Waals surface area contributed by atoms with Gasteiger partial charge in [0.2, 0.25) is 0 Å². The van der Waals surface area contributed by atoms with Gasteiger partial charge in [-0.05, 0) is 30.2 Å². The standard InChI is InChI=1S/C14H10F2N4/c15-10-4-6-12(19)14(16)9(10)3-1-8-2-5-11(18)13(7-17)20-8/h2,4-7,17H,18-19H2. The van der Waals surface area contributed by atoms with Crippen LogP contribution in [0.4, 0.5) is 20.2 Å². The lowest BCUT2D eigenvalue weighted by molar-refractivity contribution is 0.580. The van der Waals surface area contributed by atoms with Crippen LogP contribution in [0.3, 0.4) is 0 Å². The van der Waals surface area contributed by atoms with E-state index in [-0.39, 0.29) is 17.1 Å². The van der Waals surface area contributed by atoms with Crippen LogP contribution < -0.4 is 11.5 Å². The molecule has 6 heteroatoms. The molecule has 0 unspecified atom stereocenters. The molecule has 0 bridgehead atoms. The third-order valence-electron chi connectivity index (χ3n) is 2.53. The van der Waals surface area contributed by atoms with E-state index in [0.29, 0.717) is 5.69 Å². The van der Waals surface area contributed by atoms with Crippen LogP contribution in [0, 0.1) is 28.9 Å². The fourth-order valence-corrected chi connectivity index (χ4v) is 1.48. The Morgan fingerprint density at radius 2 is 1.75 bits per heavy atom. The fourth-order valence-electron chi connectivity index (χ4n) is 1.48. The van der Waals surface area contributed by atoms with Crippen LogP contribution in [0.25, 0.3) is 0 Å². The lowest BCUT2D eigenvalue weighted by atomic mass is 10.1. The van der Waals surface area contributed by atoms with E-state index in [1.165, 1.54) is 12.1 Å². The summed E-state index contributed by atoms with van der Waals surface area (Å²) >= 11 is 0. The number of benzene rings is 1. The quantitative estimate of drug-likeness (QED) is 0.421. The van der Waals surface area contributed by atoms with Crippen molar-refractivity contribution >= 4 is 17.6 Å². The third kappa shape index (κ3) is 2.57. The summed E-state index contributed by atoms with van der Waals surface area (Å²) in [6, 6.07) is 5.19. The number of hydrogen-bond acceptors (Lipinski definition) is 4. The summed E-state index contributed by atoms with van der Waals surface area (Å²) in [5.74, 6) is 3.17. The molecule has 1 heterocycles. The molecule has 0 aliphatic rings. The SMILES string of the molecule is N=Cc1nc(C#Cc2c(F)ccc(N)c2F)ccc1N. The average Bonchev–Trinajstić information content (AvgIpc) is 2.44. The topological polar surface area (TPSA) is 88.8 Å². The molecule has 100 valence electrons. The predicted octanol–water partition coefficient (Wildman–Crippen LogP) is 1.92. The van der Waals surface area contributed by atoms with Crippen LogP contribution in [0.5, 0.6) is 0 Å². The Balaban J connectivity index is 2.46. The number of nitrogen functional groups attached to an aromatic ring is 2. The van der Waals surface area contributed by atoms with Crippen LogP contribution in [0.2, 0.25) is 0 Å². The first-order valence-corrected chi connectivity index (χ1v) is 5.55. The van der Waals surface area contributed by atoms with Crippen LogP contribution in [0.15, 0.2) is 24.3 Å². The highest BCUT2D eigenvalue weighted by molar-refractivity contribution is 5.82. The maximum Gasteiger partial charge on any atom is 0.164 e. The first kappa shape index (κ1) is 13.5. The van der Waals surface area contributed by atoms with Gasteiger partial charge in [-0.25, -0.2) is 13.8 Å². The fraction of sp³-hybridized carbons (Fsp3) is 0. The van der Waals surface area contributed by atoms with E-state index in [1.807, 2.05) is 0 Å². The van der Waals surface area contributed by atoms with E-state index in [2.05, 4.69) is 16.8 Å². The van der Waals surface area contributed by atoms with E-state index in [9.17, 15) is 8.78 Å². The van der Waals surface area contributed by atoms with Crippen molar-refractivity contribution in [1.82, 2.24) is 4.98 Å². The van der Waals surface area contributed by atoms with Gasteiger partial charge in [0.05, 0.1) is 16.9 Å². The van der Waals surface area contributed by atoms with Gasteiger partial charge in [-0.15, -0.1) is 0 Å². The van der Waals surface area contributed by atoms with Crippen molar-refractivity contribution in [2.75, 3.05) is 11.5 Å². The van der Waals surface area contributed by atoms with Gasteiger partial charge in [0.1, 0.15) is 17.2 Å². The van der Waals surface area contributed by atoms with Gasteiger partial charge in [0.15, 0.2) is 5.82 Å². The van der Waals surface area contributed by atoms with Gasteiger partial charge in [0.25, 0.3) is 0 Å². The summed E-state index contributed by atoms with van der Waals surface area (Å²) in [6.07, 6.45) is 0.974. The molecule has 0 spiro atoms. The highest BCUT2D eigenvalue weighted by Gasteiger charge is 2.09. The zero-order valence-electron chi connectivity index (χ0n) is 10.2. The Hall–Kier alpha value is -2.94. The van der Waals surface area contributed by atoms with Gasteiger partial charge in [-0.2, -0.15) is 0 Å². The lowest BCUT2D eigenvalue weighted by Crippen LogP contribution is -1.99. The molecule has 0 radical (unpaired) electrons. The second-order valence-corrected chi connectivity index (χ2v) is 3.89. The van der Waals surface area contributed by atoms with E-state index >= 15 is 0 Å². The molecule has 0 aliphatic heterocycles. The third-order valence-corrected chi connectivity index (χ3v) is 2.53. The van der Waals surface area contributed by atoms with E-state index in [0.717, 1.165) is 18.3 Å². The van der Waals surface area contributed by atoms with Crippen LogP contribution in [0.1, 0.15) is 17.0 Å². The van der Waals surface area contributed by atoms with Crippen molar-refractivity contribution < 1.29 is 8.78 Å². The number of anilines is 2. The zero-order valence-corrected chi connectivity index (χ0v) is 10.2. The molecular weight excluding hydrogens is 262 g/mol. The van der Waals surface area contributed by atoms with Crippen molar-refractivity contribution in [3.05, 3.63) is 52.9 Å². The van der Waals surface area contributed by atoms with Crippen molar-refractivity contribution in [3.63, 3.8) is 0 Å². The van der Waals surface area contributed by atoms with E-state index < -0.39 is 17.2 Å². The van der Waals surface area contributed by atoms with E-state index in [1.54, 1.807) is 0 Å². The number of aromatic nitrogens is 1. The second kappa shape index (κ2) is 5.36. The first-order chi connectivity index (χ1) is 9.52. The summed E-state index contributed by atoms with van der Waals surface area (Å²) in [5, 5.41) is 7.12. The Morgan fingerprint density at radius 1 is 1.05 bits per heavy atom. The van der Waals surface area contributed by atoms with Gasteiger partial charge >= 0.3 is 0 Å². The Labute approximate surface area is 113 Å². The van der Waals surface area contributed by atoms with Crippen molar-refractivity contribution in [2.24, 2.45) is 0 Å². The minimum atomic E-state index is -0.903. The van der Waals surface area contributed by atoms with Gasteiger partial charge in [-0.1, -0.05) is 5.92 Å². The number of hydrogen-bond donors (Lipinski definition) is 3. The van der Waals surface area contributed by atoms with Gasteiger partial charge in [-0.3, -0.25) is 0 Å². The summed E-state index contributed by atoms with van der Waals surface area (Å²) in [7, 11) is 0. The molecule has 2 rings (SSSR count). The van der Waals surface area contributed by atoms with Crippen molar-refractivity contribution in [3.8, 4) is 11.8 Å². The number of nitrogens with two attached hydrogens (primary N) is 2. The van der Waals surface area contributed by atoms with Gasteiger partial charge in [0, 0.05) is 6.21 Å². The molecule has 5 N–H and O–H groups in total. The Morgan fingerprint density at radius 3 is 2.45 bits per heavy atom. The molecule has 0 amide bonds. The molecule has 2 aromatic rings. The van der Waals surface area contributed by atoms with Crippen LogP contribution >= 0.6 is 0 Å². The molecule has 1 aromatic heterocycles. The Bertz CT molecular complexity index is 745. The molecule has 1 aromatic carbocycles. The summed E-state index contributed by atoms with van der Waals surface area (Å²) in [4.78, 5) is 3.97. The first-order valence-electron chi connectivity index (χ1n) is 5.55. The average molecular weight is 272 g/mol. The zero-order chi connectivity index (χ0) is 14.7. The Kier molecular flexibility index (Phi) is 3.62. The molecule has 4 nitrogen and oxygen atoms in total. The highest BCUT2D eigenvalue weighted by atomic mass is 19.1. The number of rotatable bonds is 1. The molecule has 0 atom stereocenters. The highest BCUT2D eigenvalue weighted by Crippen LogP contribution is 2.17. The molecule has 0 saturated carbocycles. The number of nitrogens with one attached hydrogen (secondary N) is 1. The monoisotopic (exact) mass is 272 g/mol. The minimum Gasteiger partial charge on any atom is -0.397 e. The smallest absolute Gasteiger partial charge is 0.164 e. The lowest BCUT2D eigenvalue weighted by Gasteiger charge is -2.00. The molecule has 0 fully saturated rings. The number of pyridine rings is 1. The number of nitrogens with zero attached hydrogens (tertiary/aromatic N) is 1. The maximum absolute atomic E-state index is 13.6. The normalized spacial score (nSPS) is 9.70. The molecule has 20 heavy (non-hydrogen) atoms. The minimum absolute atomic E-state index is 0.179. The van der Waals surface area contributed by atoms with E-state index in [4.69, 9.17) is 16.9 Å². The molecule has 0 aliphatic carbocycles. The van der Waals surface area contributed by atoms with Crippen molar-refractivity contribution in [1.29, 1.82) is 5.41 Å². The molecular formula is C14H10F2N4. The largest absolute Gasteiger partial charge is 0.397 e. The van der Waals surface area contributed by atoms with Crippen LogP contribution in [-0.4, -0.2) is 11.2 Å². The van der Waals surface area contributed by atoms with Crippen LogP contribution in [-0.2, 0) is 0 Å².